The summed E-state index contributed by atoms with van der Waals surface area (Å²) >= 11 is 0. The van der Waals surface area contributed by atoms with Crippen LogP contribution in [-0.2, 0) is 15.6 Å². The normalized spacial score (nSPS) is 11.0. The predicted molar refractivity (Wildman–Crippen MR) is 83.5 cm³/mol. The molecule has 0 aliphatic carbocycles. The molecule has 0 fully saturated rings. The van der Waals surface area contributed by atoms with Crippen LogP contribution in [0.3, 0.4) is 0 Å². The Labute approximate surface area is 133 Å². The fraction of sp³-hybridized carbons (Fsp3) is 0.200. The van der Waals surface area contributed by atoms with Gasteiger partial charge in [-0.15, -0.1) is 0 Å². The van der Waals surface area contributed by atoms with Crippen molar-refractivity contribution in [2.75, 3.05) is 14.2 Å². The molecule has 0 N–H and O–H groups in total. The first-order valence-corrected chi connectivity index (χ1v) is 8.20. The standard InChI is InChI=1S/C15H15NO6S/c1-21-13-6-3-11(15(9-13)22-2)10-23(19,20)14-7-4-12(5-8-14)16(17)18/h3-9H,10H2,1-2H3. The monoisotopic (exact) mass is 337 g/mol. The molecular formula is C15H15NO6S. The first-order valence-electron chi connectivity index (χ1n) is 6.55. The average Bonchev–Trinajstić information content (AvgIpc) is 2.55. The number of methoxy groups -OCH3 is 2. The minimum absolute atomic E-state index is 0.0148. The van der Waals surface area contributed by atoms with Crippen molar-refractivity contribution in [3.8, 4) is 11.5 Å². The number of sulfone groups is 1. The van der Waals surface area contributed by atoms with E-state index in [4.69, 9.17) is 9.47 Å². The van der Waals surface area contributed by atoms with Crippen LogP contribution in [0.25, 0.3) is 0 Å². The van der Waals surface area contributed by atoms with Gasteiger partial charge in [0.2, 0.25) is 0 Å². The van der Waals surface area contributed by atoms with Crippen LogP contribution in [0, 0.1) is 10.1 Å². The largest absolute Gasteiger partial charge is 0.497 e. The van der Waals surface area contributed by atoms with Gasteiger partial charge in [0.15, 0.2) is 9.84 Å². The van der Waals surface area contributed by atoms with Crippen molar-refractivity contribution in [3.63, 3.8) is 0 Å². The lowest BCUT2D eigenvalue weighted by molar-refractivity contribution is -0.384. The fourth-order valence-corrected chi connectivity index (χ4v) is 3.40. The maximum Gasteiger partial charge on any atom is 0.269 e. The van der Waals surface area contributed by atoms with Crippen molar-refractivity contribution in [2.24, 2.45) is 0 Å². The van der Waals surface area contributed by atoms with Gasteiger partial charge in [0.1, 0.15) is 11.5 Å². The number of non-ortho nitro benzene ring substituents is 1. The van der Waals surface area contributed by atoms with Crippen molar-refractivity contribution in [2.45, 2.75) is 10.6 Å². The first-order chi connectivity index (χ1) is 10.9. The molecule has 7 nitrogen and oxygen atoms in total. The summed E-state index contributed by atoms with van der Waals surface area (Å²) in [5.41, 5.74) is 0.317. The van der Waals surface area contributed by atoms with E-state index in [0.29, 0.717) is 17.1 Å². The average molecular weight is 337 g/mol. The SMILES string of the molecule is COc1ccc(CS(=O)(=O)c2ccc([N+](=O)[O-])cc2)c(OC)c1. The molecule has 0 radical (unpaired) electrons. The van der Waals surface area contributed by atoms with Gasteiger partial charge in [0.05, 0.1) is 29.8 Å². The molecule has 0 unspecified atom stereocenters. The van der Waals surface area contributed by atoms with Crippen LogP contribution in [0.2, 0.25) is 0 Å². The molecule has 23 heavy (non-hydrogen) atoms. The van der Waals surface area contributed by atoms with E-state index in [2.05, 4.69) is 0 Å². The number of nitro benzene ring substituents is 1. The minimum Gasteiger partial charge on any atom is -0.497 e. The number of ether oxygens (including phenoxy) is 2. The molecule has 0 aromatic heterocycles. The Bertz CT molecular complexity index is 814. The van der Waals surface area contributed by atoms with Crippen LogP contribution in [0.4, 0.5) is 5.69 Å². The number of nitro groups is 1. The highest BCUT2D eigenvalue weighted by Gasteiger charge is 2.19. The molecule has 2 aromatic carbocycles. The van der Waals surface area contributed by atoms with Crippen molar-refractivity contribution in [3.05, 3.63) is 58.1 Å². The summed E-state index contributed by atoms with van der Waals surface area (Å²) in [5.74, 6) is 0.672. The lowest BCUT2D eigenvalue weighted by Gasteiger charge is -2.11. The highest BCUT2D eigenvalue weighted by Crippen LogP contribution is 2.28. The molecule has 0 saturated heterocycles. The van der Waals surface area contributed by atoms with Gasteiger partial charge in [-0.25, -0.2) is 8.42 Å². The van der Waals surface area contributed by atoms with E-state index in [1.807, 2.05) is 0 Å². The molecule has 2 rings (SSSR count). The summed E-state index contributed by atoms with van der Waals surface area (Å²) in [6.07, 6.45) is 0. The van der Waals surface area contributed by atoms with E-state index in [1.54, 1.807) is 18.2 Å². The Balaban J connectivity index is 2.32. The van der Waals surface area contributed by atoms with Crippen molar-refractivity contribution < 1.29 is 22.8 Å². The molecule has 0 aliphatic rings. The molecule has 2 aromatic rings. The van der Waals surface area contributed by atoms with E-state index in [1.165, 1.54) is 26.4 Å². The molecule has 0 bridgehead atoms. The van der Waals surface area contributed by atoms with Crippen molar-refractivity contribution in [1.82, 2.24) is 0 Å². The topological polar surface area (TPSA) is 95.7 Å². The van der Waals surface area contributed by atoms with Gasteiger partial charge in [-0.2, -0.15) is 0 Å². The maximum absolute atomic E-state index is 12.4. The third-order valence-corrected chi connectivity index (χ3v) is 4.93. The van der Waals surface area contributed by atoms with Crippen LogP contribution < -0.4 is 9.47 Å². The molecular weight excluding hydrogens is 322 g/mol. The number of hydrogen-bond acceptors (Lipinski definition) is 6. The van der Waals surface area contributed by atoms with Gasteiger partial charge in [0.25, 0.3) is 5.69 Å². The number of rotatable bonds is 6. The zero-order valence-electron chi connectivity index (χ0n) is 12.6. The van der Waals surface area contributed by atoms with Crippen LogP contribution >= 0.6 is 0 Å². The Morgan fingerprint density at radius 2 is 1.70 bits per heavy atom. The molecule has 0 saturated carbocycles. The van der Waals surface area contributed by atoms with Gasteiger partial charge in [-0.05, 0) is 18.2 Å². The van der Waals surface area contributed by atoms with Gasteiger partial charge in [-0.3, -0.25) is 10.1 Å². The summed E-state index contributed by atoms with van der Waals surface area (Å²) in [6.45, 7) is 0. The van der Waals surface area contributed by atoms with E-state index >= 15 is 0 Å². The zero-order valence-corrected chi connectivity index (χ0v) is 13.4. The first kappa shape index (κ1) is 16.8. The molecule has 0 aliphatic heterocycles. The molecule has 122 valence electrons. The van der Waals surface area contributed by atoms with E-state index in [0.717, 1.165) is 12.1 Å². The molecule has 8 heteroatoms. The Kier molecular flexibility index (Phi) is 4.85. The summed E-state index contributed by atoms with van der Waals surface area (Å²) in [4.78, 5) is 10.1. The lowest BCUT2D eigenvalue weighted by atomic mass is 10.2. The summed E-state index contributed by atoms with van der Waals surface area (Å²) in [6, 6.07) is 9.63. The fourth-order valence-electron chi connectivity index (χ4n) is 2.03. The van der Waals surface area contributed by atoms with Gasteiger partial charge in [0, 0.05) is 23.8 Å². The number of benzene rings is 2. The third kappa shape index (κ3) is 3.78. The Morgan fingerprint density at radius 1 is 1.04 bits per heavy atom. The van der Waals surface area contributed by atoms with E-state index in [9.17, 15) is 18.5 Å². The second-order valence-electron chi connectivity index (χ2n) is 4.69. The van der Waals surface area contributed by atoms with Crippen LogP contribution in [0.1, 0.15) is 5.56 Å². The smallest absolute Gasteiger partial charge is 0.269 e. The third-order valence-electron chi connectivity index (χ3n) is 3.25. The molecule has 0 spiro atoms. The van der Waals surface area contributed by atoms with Crippen LogP contribution in [-0.4, -0.2) is 27.6 Å². The quantitative estimate of drug-likeness (QED) is 0.594. The predicted octanol–water partition coefficient (Wildman–Crippen LogP) is 2.59. The molecule has 0 amide bonds. The Morgan fingerprint density at radius 3 is 2.22 bits per heavy atom. The second-order valence-corrected chi connectivity index (χ2v) is 6.68. The zero-order chi connectivity index (χ0) is 17.0. The van der Waals surface area contributed by atoms with E-state index in [-0.39, 0.29) is 16.3 Å². The lowest BCUT2D eigenvalue weighted by Crippen LogP contribution is -2.06. The summed E-state index contributed by atoms with van der Waals surface area (Å²) in [5, 5.41) is 10.6. The summed E-state index contributed by atoms with van der Waals surface area (Å²) < 4.78 is 35.2. The molecule has 0 heterocycles. The number of hydrogen-bond donors (Lipinski definition) is 0. The van der Waals surface area contributed by atoms with Crippen molar-refractivity contribution in [1.29, 1.82) is 0 Å². The summed E-state index contributed by atoms with van der Waals surface area (Å²) in [7, 11) is -0.708. The highest BCUT2D eigenvalue weighted by molar-refractivity contribution is 7.90. The van der Waals surface area contributed by atoms with Crippen LogP contribution in [0.15, 0.2) is 47.4 Å². The van der Waals surface area contributed by atoms with E-state index < -0.39 is 14.8 Å². The Hall–Kier alpha value is -2.61. The van der Waals surface area contributed by atoms with Gasteiger partial charge in [-0.1, -0.05) is 6.07 Å². The van der Waals surface area contributed by atoms with Crippen LogP contribution in [0.5, 0.6) is 11.5 Å². The minimum atomic E-state index is -3.65. The number of nitrogens with zero attached hydrogens (tertiary/aromatic N) is 1. The second kappa shape index (κ2) is 6.66. The molecule has 0 atom stereocenters. The van der Waals surface area contributed by atoms with Gasteiger partial charge >= 0.3 is 0 Å². The maximum atomic E-state index is 12.4. The highest BCUT2D eigenvalue weighted by atomic mass is 32.2. The van der Waals surface area contributed by atoms with Gasteiger partial charge < -0.3 is 9.47 Å². The van der Waals surface area contributed by atoms with Crippen molar-refractivity contribution >= 4 is 15.5 Å².